The van der Waals surface area contributed by atoms with Gasteiger partial charge in [0.2, 0.25) is 0 Å². The minimum absolute atomic E-state index is 0.617. The van der Waals surface area contributed by atoms with Crippen LogP contribution in [0.1, 0.15) is 43.2 Å². The number of nitrogens with two attached hydrogens (primary N) is 1. The predicted molar refractivity (Wildman–Crippen MR) is 70.0 cm³/mol. The Labute approximate surface area is 102 Å². The van der Waals surface area contributed by atoms with Crippen molar-refractivity contribution in [3.63, 3.8) is 0 Å². The fraction of sp³-hybridized carbons (Fsp3) is 0.750. The highest BCUT2D eigenvalue weighted by atomic mass is 32.1. The Morgan fingerprint density at radius 3 is 2.62 bits per heavy atom. The summed E-state index contributed by atoms with van der Waals surface area (Å²) < 4.78 is 0. The first-order valence-electron chi connectivity index (χ1n) is 6.19. The molecule has 0 aliphatic heterocycles. The molecule has 1 aromatic rings. The minimum atomic E-state index is 0.617. The number of anilines is 1. The quantitative estimate of drug-likeness (QED) is 0.878. The van der Waals surface area contributed by atoms with Gasteiger partial charge in [-0.25, -0.2) is 4.98 Å². The average molecular weight is 239 g/mol. The minimum Gasteiger partial charge on any atom is -0.345 e. The zero-order valence-corrected chi connectivity index (χ0v) is 11.0. The molecule has 2 N–H and O–H groups in total. The van der Waals surface area contributed by atoms with Crippen LogP contribution in [0.5, 0.6) is 0 Å². The molecule has 1 aromatic heterocycles. The summed E-state index contributed by atoms with van der Waals surface area (Å²) in [5, 5.41) is 1.17. The van der Waals surface area contributed by atoms with Gasteiger partial charge < -0.3 is 10.6 Å². The monoisotopic (exact) mass is 239 g/mol. The van der Waals surface area contributed by atoms with Crippen LogP contribution in [0.2, 0.25) is 0 Å². The van der Waals surface area contributed by atoms with Gasteiger partial charge in [0, 0.05) is 24.0 Å². The molecule has 1 fully saturated rings. The summed E-state index contributed by atoms with van der Waals surface area (Å²) in [7, 11) is 0. The first kappa shape index (κ1) is 11.9. The molecule has 1 aliphatic carbocycles. The van der Waals surface area contributed by atoms with Crippen molar-refractivity contribution in [1.82, 2.24) is 4.98 Å². The van der Waals surface area contributed by atoms with Crippen molar-refractivity contribution in [3.8, 4) is 0 Å². The van der Waals surface area contributed by atoms with Crippen molar-refractivity contribution < 1.29 is 0 Å². The van der Waals surface area contributed by atoms with Crippen molar-refractivity contribution in [2.75, 3.05) is 11.4 Å². The zero-order chi connectivity index (χ0) is 11.5. The van der Waals surface area contributed by atoms with E-state index in [1.165, 1.54) is 35.7 Å². The summed E-state index contributed by atoms with van der Waals surface area (Å²) in [5.74, 6) is 0. The molecule has 3 nitrogen and oxygen atoms in total. The van der Waals surface area contributed by atoms with Gasteiger partial charge in [-0.1, -0.05) is 12.8 Å². The number of thiazole rings is 1. The van der Waals surface area contributed by atoms with E-state index in [1.807, 2.05) is 0 Å². The van der Waals surface area contributed by atoms with E-state index < -0.39 is 0 Å². The van der Waals surface area contributed by atoms with E-state index >= 15 is 0 Å². The molecule has 0 radical (unpaired) electrons. The first-order valence-corrected chi connectivity index (χ1v) is 7.01. The Balaban J connectivity index is 2.18. The largest absolute Gasteiger partial charge is 0.345 e. The lowest BCUT2D eigenvalue weighted by Gasteiger charge is -2.26. The van der Waals surface area contributed by atoms with E-state index in [4.69, 9.17) is 5.73 Å². The Morgan fingerprint density at radius 2 is 2.12 bits per heavy atom. The lowest BCUT2D eigenvalue weighted by molar-refractivity contribution is 0.618. The van der Waals surface area contributed by atoms with E-state index in [1.54, 1.807) is 11.3 Å². The summed E-state index contributed by atoms with van der Waals surface area (Å²) in [6.45, 7) is 5.95. The molecule has 4 heteroatoms. The zero-order valence-electron chi connectivity index (χ0n) is 10.2. The smallest absolute Gasteiger partial charge is 0.186 e. The summed E-state index contributed by atoms with van der Waals surface area (Å²) in [4.78, 5) is 8.35. The molecule has 0 aromatic carbocycles. The number of rotatable bonds is 4. The molecule has 1 saturated carbocycles. The summed E-state index contributed by atoms with van der Waals surface area (Å²) in [6.07, 6.45) is 5.39. The first-order chi connectivity index (χ1) is 7.76. The van der Waals surface area contributed by atoms with Crippen molar-refractivity contribution >= 4 is 16.5 Å². The fourth-order valence-electron chi connectivity index (χ4n) is 2.49. The van der Waals surface area contributed by atoms with Crippen LogP contribution in [0, 0.1) is 6.92 Å². The number of nitrogens with zero attached hydrogens (tertiary/aromatic N) is 2. The van der Waals surface area contributed by atoms with Gasteiger partial charge in [-0.15, -0.1) is 11.3 Å². The summed E-state index contributed by atoms with van der Waals surface area (Å²) in [5.41, 5.74) is 6.82. The van der Waals surface area contributed by atoms with Gasteiger partial charge in [-0.2, -0.15) is 0 Å². The molecule has 0 unspecified atom stereocenters. The highest BCUT2D eigenvalue weighted by molar-refractivity contribution is 7.15. The molecule has 1 aliphatic rings. The van der Waals surface area contributed by atoms with Crippen molar-refractivity contribution in [2.24, 2.45) is 5.73 Å². The molecule has 0 saturated heterocycles. The Kier molecular flexibility index (Phi) is 3.82. The highest BCUT2D eigenvalue weighted by Gasteiger charge is 2.24. The van der Waals surface area contributed by atoms with Crippen molar-refractivity contribution in [2.45, 2.75) is 52.1 Å². The van der Waals surface area contributed by atoms with Gasteiger partial charge in [0.25, 0.3) is 0 Å². The Morgan fingerprint density at radius 1 is 1.44 bits per heavy atom. The van der Waals surface area contributed by atoms with E-state index in [2.05, 4.69) is 23.7 Å². The van der Waals surface area contributed by atoms with E-state index in [0.29, 0.717) is 12.6 Å². The van der Waals surface area contributed by atoms with E-state index in [0.717, 1.165) is 12.2 Å². The van der Waals surface area contributed by atoms with Gasteiger partial charge in [-0.05, 0) is 26.7 Å². The lowest BCUT2D eigenvalue weighted by Crippen LogP contribution is -2.32. The van der Waals surface area contributed by atoms with Crippen LogP contribution in [0.4, 0.5) is 5.13 Å². The third kappa shape index (κ3) is 2.23. The SMILES string of the molecule is CCN(c1nc(C)c(CN)s1)C1CCCC1. The number of aromatic nitrogens is 1. The van der Waals surface area contributed by atoms with Crippen molar-refractivity contribution in [3.05, 3.63) is 10.6 Å². The van der Waals surface area contributed by atoms with Gasteiger partial charge >= 0.3 is 0 Å². The van der Waals surface area contributed by atoms with Crippen molar-refractivity contribution in [1.29, 1.82) is 0 Å². The molecule has 1 heterocycles. The summed E-state index contributed by atoms with van der Waals surface area (Å²) >= 11 is 1.77. The maximum atomic E-state index is 5.71. The van der Waals surface area contributed by atoms with Gasteiger partial charge in [0.1, 0.15) is 0 Å². The molecule has 16 heavy (non-hydrogen) atoms. The van der Waals surface area contributed by atoms with Crippen LogP contribution in [0.3, 0.4) is 0 Å². The van der Waals surface area contributed by atoms with Gasteiger partial charge in [0.15, 0.2) is 5.13 Å². The van der Waals surface area contributed by atoms with Crippen LogP contribution >= 0.6 is 11.3 Å². The molecule has 0 atom stereocenters. The van der Waals surface area contributed by atoms with Crippen LogP contribution in [-0.4, -0.2) is 17.6 Å². The Bertz CT molecular complexity index is 342. The van der Waals surface area contributed by atoms with Gasteiger partial charge in [0.05, 0.1) is 5.69 Å². The molecular formula is C12H21N3S. The molecule has 0 spiro atoms. The topological polar surface area (TPSA) is 42.2 Å². The summed E-state index contributed by atoms with van der Waals surface area (Å²) in [6, 6.07) is 0.709. The number of aryl methyl sites for hydroxylation is 1. The predicted octanol–water partition coefficient (Wildman–Crippen LogP) is 2.68. The number of hydrogen-bond donors (Lipinski definition) is 1. The third-order valence-electron chi connectivity index (χ3n) is 3.42. The molecule has 2 rings (SSSR count). The maximum absolute atomic E-state index is 5.71. The van der Waals surface area contributed by atoms with Crippen LogP contribution in [-0.2, 0) is 6.54 Å². The second-order valence-electron chi connectivity index (χ2n) is 4.43. The van der Waals surface area contributed by atoms with Crippen LogP contribution in [0.25, 0.3) is 0 Å². The molecule has 0 bridgehead atoms. The maximum Gasteiger partial charge on any atom is 0.186 e. The van der Waals surface area contributed by atoms with E-state index in [-0.39, 0.29) is 0 Å². The third-order valence-corrected chi connectivity index (χ3v) is 4.64. The molecular weight excluding hydrogens is 218 g/mol. The van der Waals surface area contributed by atoms with Gasteiger partial charge in [-0.3, -0.25) is 0 Å². The Hall–Kier alpha value is -0.610. The second-order valence-corrected chi connectivity index (χ2v) is 5.50. The number of hydrogen-bond acceptors (Lipinski definition) is 4. The van der Waals surface area contributed by atoms with E-state index in [9.17, 15) is 0 Å². The average Bonchev–Trinajstić information content (AvgIpc) is 2.89. The highest BCUT2D eigenvalue weighted by Crippen LogP contribution is 2.32. The fourth-order valence-corrected chi connectivity index (χ4v) is 3.57. The standard InChI is InChI=1S/C12H21N3S/c1-3-15(10-6-4-5-7-10)12-14-9(2)11(8-13)16-12/h10H,3-8,13H2,1-2H3. The molecule has 90 valence electrons. The second kappa shape index (κ2) is 5.15. The van der Waals surface area contributed by atoms with Crippen LogP contribution < -0.4 is 10.6 Å². The lowest BCUT2D eigenvalue weighted by atomic mass is 10.2. The van der Waals surface area contributed by atoms with Crippen LogP contribution in [0.15, 0.2) is 0 Å². The normalized spacial score (nSPS) is 16.9. The molecule has 0 amide bonds.